The highest BCUT2D eigenvalue weighted by Gasteiger charge is 2.07. The van der Waals surface area contributed by atoms with E-state index in [1.165, 1.54) is 12.3 Å². The Hall–Kier alpha value is -0.420. The molecule has 0 fully saturated rings. The second-order valence-corrected chi connectivity index (χ2v) is 4.94. The fourth-order valence-electron chi connectivity index (χ4n) is 0.542. The van der Waals surface area contributed by atoms with Gasteiger partial charge in [0.25, 0.3) is 0 Å². The maximum Gasteiger partial charge on any atom is 0.177 e. The van der Waals surface area contributed by atoms with Crippen molar-refractivity contribution in [2.45, 2.75) is 4.90 Å². The third-order valence-corrected chi connectivity index (χ3v) is 2.47. The first-order valence-electron chi connectivity index (χ1n) is 2.73. The standard InChI is InChI=1S/C6H5BrNO2S/c1-11(9,10)6-2-5(7)3-8-4-6/h2-3H,1H3. The summed E-state index contributed by atoms with van der Waals surface area (Å²) in [6.07, 6.45) is 4.98. The molecule has 5 heteroatoms. The van der Waals surface area contributed by atoms with E-state index in [1.807, 2.05) is 0 Å². The van der Waals surface area contributed by atoms with E-state index in [1.54, 1.807) is 0 Å². The summed E-state index contributed by atoms with van der Waals surface area (Å²) in [5.74, 6) is 0. The fourth-order valence-corrected chi connectivity index (χ4v) is 1.58. The van der Waals surface area contributed by atoms with Crippen LogP contribution in [0, 0.1) is 6.20 Å². The van der Waals surface area contributed by atoms with Gasteiger partial charge in [-0.2, -0.15) is 0 Å². The third-order valence-electron chi connectivity index (χ3n) is 1.03. The monoisotopic (exact) mass is 234 g/mol. The molecule has 11 heavy (non-hydrogen) atoms. The highest BCUT2D eigenvalue weighted by molar-refractivity contribution is 9.10. The number of pyridine rings is 1. The first-order valence-corrected chi connectivity index (χ1v) is 5.42. The lowest BCUT2D eigenvalue weighted by Crippen LogP contribution is -1.97. The van der Waals surface area contributed by atoms with Gasteiger partial charge in [0.2, 0.25) is 0 Å². The Morgan fingerprint density at radius 1 is 1.64 bits per heavy atom. The predicted molar refractivity (Wildman–Crippen MR) is 43.9 cm³/mol. The smallest absolute Gasteiger partial charge is 0.177 e. The van der Waals surface area contributed by atoms with Crippen molar-refractivity contribution in [1.82, 2.24) is 4.98 Å². The highest BCUT2D eigenvalue weighted by atomic mass is 79.9. The van der Waals surface area contributed by atoms with Gasteiger partial charge < -0.3 is 0 Å². The van der Waals surface area contributed by atoms with E-state index in [4.69, 9.17) is 0 Å². The topological polar surface area (TPSA) is 47.0 Å². The average Bonchev–Trinajstić information content (AvgIpc) is 1.86. The normalized spacial score (nSPS) is 11.5. The first-order chi connectivity index (χ1) is 5.00. The predicted octanol–water partition coefficient (Wildman–Crippen LogP) is 1.05. The van der Waals surface area contributed by atoms with E-state index in [2.05, 4.69) is 27.1 Å². The Labute approximate surface area is 73.5 Å². The molecule has 1 radical (unpaired) electrons. The Kier molecular flexibility index (Phi) is 2.29. The molecule has 3 nitrogen and oxygen atoms in total. The molecule has 0 saturated heterocycles. The molecule has 0 unspecified atom stereocenters. The van der Waals surface area contributed by atoms with Crippen LogP contribution in [0.3, 0.4) is 0 Å². The van der Waals surface area contributed by atoms with E-state index >= 15 is 0 Å². The van der Waals surface area contributed by atoms with Crippen molar-refractivity contribution in [3.8, 4) is 0 Å². The minimum atomic E-state index is -3.17. The molecule has 0 aliphatic heterocycles. The molecule has 0 aromatic carbocycles. The van der Waals surface area contributed by atoms with Gasteiger partial charge in [0, 0.05) is 16.9 Å². The SMILES string of the molecule is CS(=O)(=O)c1[c]ncc(Br)c1. The number of aromatic nitrogens is 1. The Morgan fingerprint density at radius 2 is 2.27 bits per heavy atom. The van der Waals surface area contributed by atoms with Gasteiger partial charge in [-0.15, -0.1) is 0 Å². The Bertz CT molecular complexity index is 361. The third kappa shape index (κ3) is 2.27. The highest BCUT2D eigenvalue weighted by Crippen LogP contribution is 2.12. The molecule has 0 spiro atoms. The zero-order valence-electron chi connectivity index (χ0n) is 5.70. The number of rotatable bonds is 1. The largest absolute Gasteiger partial charge is 0.252 e. The van der Waals surface area contributed by atoms with Crippen molar-refractivity contribution in [1.29, 1.82) is 0 Å². The van der Waals surface area contributed by atoms with Crippen LogP contribution in [0.15, 0.2) is 21.6 Å². The van der Waals surface area contributed by atoms with Gasteiger partial charge in [0.15, 0.2) is 9.84 Å². The van der Waals surface area contributed by atoms with Crippen LogP contribution >= 0.6 is 15.9 Å². The van der Waals surface area contributed by atoms with Crippen molar-refractivity contribution < 1.29 is 8.42 Å². The lowest BCUT2D eigenvalue weighted by Gasteiger charge is -1.94. The molecule has 0 bridgehead atoms. The van der Waals surface area contributed by atoms with Crippen LogP contribution in [-0.2, 0) is 9.84 Å². The Balaban J connectivity index is 3.28. The van der Waals surface area contributed by atoms with Gasteiger partial charge in [-0.05, 0) is 22.0 Å². The summed E-state index contributed by atoms with van der Waals surface area (Å²) in [7, 11) is -3.17. The van der Waals surface area contributed by atoms with Gasteiger partial charge in [-0.1, -0.05) is 0 Å². The quantitative estimate of drug-likeness (QED) is 0.730. The summed E-state index contributed by atoms with van der Waals surface area (Å²) in [6, 6.07) is 1.46. The lowest BCUT2D eigenvalue weighted by molar-refractivity contribution is 0.601. The summed E-state index contributed by atoms with van der Waals surface area (Å²) in [6.45, 7) is 0. The molecule has 0 N–H and O–H groups in total. The lowest BCUT2D eigenvalue weighted by atomic mass is 10.5. The second kappa shape index (κ2) is 2.91. The van der Waals surface area contributed by atoms with Crippen LogP contribution < -0.4 is 0 Å². The molecule has 59 valence electrons. The van der Waals surface area contributed by atoms with Gasteiger partial charge in [-0.25, -0.2) is 8.42 Å². The molecule has 1 rings (SSSR count). The fraction of sp³-hybridized carbons (Fsp3) is 0.167. The number of hydrogen-bond donors (Lipinski definition) is 0. The summed E-state index contributed by atoms with van der Waals surface area (Å²) in [5, 5.41) is 0. The van der Waals surface area contributed by atoms with E-state index in [-0.39, 0.29) is 4.90 Å². The first kappa shape index (κ1) is 8.67. The van der Waals surface area contributed by atoms with Crippen LogP contribution in [0.2, 0.25) is 0 Å². The average molecular weight is 235 g/mol. The molecule has 0 saturated carbocycles. The minimum absolute atomic E-state index is 0.104. The van der Waals surface area contributed by atoms with Crippen molar-refractivity contribution in [2.24, 2.45) is 0 Å². The molecular formula is C6H5BrNO2S. The molecule has 1 aromatic heterocycles. The van der Waals surface area contributed by atoms with E-state index < -0.39 is 9.84 Å². The van der Waals surface area contributed by atoms with E-state index in [0.29, 0.717) is 4.47 Å². The molecule has 1 aromatic rings. The van der Waals surface area contributed by atoms with Crippen molar-refractivity contribution in [2.75, 3.05) is 6.26 Å². The molecule has 0 aliphatic carbocycles. The van der Waals surface area contributed by atoms with E-state index in [0.717, 1.165) is 6.26 Å². The summed E-state index contributed by atoms with van der Waals surface area (Å²) < 4.78 is 22.4. The second-order valence-electron chi connectivity index (χ2n) is 2.04. The van der Waals surface area contributed by atoms with Crippen LogP contribution in [0.1, 0.15) is 0 Å². The number of halogens is 1. The van der Waals surface area contributed by atoms with Gasteiger partial charge in [0.05, 0.1) is 4.90 Å². The van der Waals surface area contributed by atoms with Crippen molar-refractivity contribution in [3.63, 3.8) is 0 Å². The summed E-state index contributed by atoms with van der Waals surface area (Å²) in [4.78, 5) is 3.70. The van der Waals surface area contributed by atoms with Crippen molar-refractivity contribution in [3.05, 3.63) is 22.9 Å². The maximum atomic E-state index is 10.9. The molecule has 0 atom stereocenters. The number of sulfone groups is 1. The van der Waals surface area contributed by atoms with Crippen LogP contribution in [-0.4, -0.2) is 19.7 Å². The van der Waals surface area contributed by atoms with Gasteiger partial charge in [0.1, 0.15) is 6.20 Å². The number of nitrogens with zero attached hydrogens (tertiary/aromatic N) is 1. The summed E-state index contributed by atoms with van der Waals surface area (Å²) >= 11 is 3.11. The maximum absolute atomic E-state index is 10.9. The molecule has 0 amide bonds. The van der Waals surface area contributed by atoms with E-state index in [9.17, 15) is 8.42 Å². The molecule has 0 aliphatic rings. The minimum Gasteiger partial charge on any atom is -0.252 e. The number of hydrogen-bond acceptors (Lipinski definition) is 3. The van der Waals surface area contributed by atoms with Gasteiger partial charge in [-0.3, -0.25) is 4.98 Å². The Morgan fingerprint density at radius 3 is 2.64 bits per heavy atom. The zero-order valence-corrected chi connectivity index (χ0v) is 8.11. The molecule has 1 heterocycles. The zero-order chi connectivity index (χ0) is 8.48. The van der Waals surface area contributed by atoms with Crippen LogP contribution in [0.25, 0.3) is 0 Å². The van der Waals surface area contributed by atoms with Crippen LogP contribution in [0.4, 0.5) is 0 Å². The summed E-state index contributed by atoms with van der Waals surface area (Å²) in [5.41, 5.74) is 0. The van der Waals surface area contributed by atoms with Gasteiger partial charge >= 0.3 is 0 Å². The van der Waals surface area contributed by atoms with Crippen LogP contribution in [0.5, 0.6) is 0 Å². The molecular weight excluding hydrogens is 230 g/mol. The van der Waals surface area contributed by atoms with Crippen molar-refractivity contribution >= 4 is 25.8 Å².